The zero-order valence-electron chi connectivity index (χ0n) is 16.7. The van der Waals surface area contributed by atoms with Crippen LogP contribution in [-0.2, 0) is 16.2 Å². The van der Waals surface area contributed by atoms with Crippen LogP contribution in [0.1, 0.15) is 34.5 Å². The van der Waals surface area contributed by atoms with Gasteiger partial charge in [0, 0.05) is 23.4 Å². The Morgan fingerprint density at radius 2 is 2.03 bits per heavy atom. The lowest BCUT2D eigenvalue weighted by atomic mass is 10.1. The number of amides is 1. The summed E-state index contributed by atoms with van der Waals surface area (Å²) in [5.41, 5.74) is 2.13. The highest BCUT2D eigenvalue weighted by Crippen LogP contribution is 2.43. The molecular formula is C23H17N3O5S. The summed E-state index contributed by atoms with van der Waals surface area (Å²) in [5.74, 6) is 1.90. The first-order valence-electron chi connectivity index (χ1n) is 9.87. The number of pyridine rings is 1. The summed E-state index contributed by atoms with van der Waals surface area (Å²) in [4.78, 5) is 15.6. The fraction of sp³-hybridized carbons (Fsp3) is 0.174. The van der Waals surface area contributed by atoms with Crippen LogP contribution in [0.5, 0.6) is 23.1 Å². The monoisotopic (exact) mass is 447 g/mol. The van der Waals surface area contributed by atoms with E-state index in [1.54, 1.807) is 30.3 Å². The quantitative estimate of drug-likeness (QED) is 0.595. The molecule has 3 heterocycles. The van der Waals surface area contributed by atoms with Crippen molar-refractivity contribution in [3.8, 4) is 29.2 Å². The lowest BCUT2D eigenvalue weighted by Crippen LogP contribution is -2.21. The zero-order chi connectivity index (χ0) is 22.1. The number of nitrogens with zero attached hydrogens (tertiary/aromatic N) is 2. The Labute approximate surface area is 187 Å². The van der Waals surface area contributed by atoms with Crippen molar-refractivity contribution in [1.82, 2.24) is 9.71 Å². The van der Waals surface area contributed by atoms with Gasteiger partial charge in [-0.15, -0.1) is 0 Å². The average Bonchev–Trinajstić information content (AvgIpc) is 3.38. The molecule has 2 aliphatic heterocycles. The Hall–Kier alpha value is -3.74. The lowest BCUT2D eigenvalue weighted by molar-refractivity contribution is -0.118. The Bertz CT molecular complexity index is 1190. The molecular weight excluding hydrogens is 430 g/mol. The number of ether oxygens (including phenoxy) is 3. The SMILES string of the molecule is N#Cc1ccc(Oc2cccc3c2OC[C@H]3Oc2ccc(C3CC(=O)N[S+]3[O-])cc2)nc1. The smallest absolute Gasteiger partial charge is 0.266 e. The summed E-state index contributed by atoms with van der Waals surface area (Å²) in [6, 6.07) is 18.1. The van der Waals surface area contributed by atoms with Crippen LogP contribution in [0.2, 0.25) is 0 Å². The number of carbonyl (C=O) groups excluding carboxylic acids is 1. The standard InChI is InChI=1S/C23H17N3O5S/c24-11-14-4-9-22(25-12-14)31-18-3-1-2-17-19(13-29-23(17)18)30-16-7-5-15(6-8-16)20-10-21(27)26-32(20)28/h1-9,12,19-20H,10,13H2,(H,26,27)/t19-,20?,32?/m1/s1. The third kappa shape index (κ3) is 3.93. The largest absolute Gasteiger partial charge is 0.593 e. The number of benzene rings is 2. The van der Waals surface area contributed by atoms with Crippen molar-refractivity contribution < 1.29 is 23.6 Å². The van der Waals surface area contributed by atoms with E-state index >= 15 is 0 Å². The van der Waals surface area contributed by atoms with E-state index in [1.165, 1.54) is 6.20 Å². The van der Waals surface area contributed by atoms with Gasteiger partial charge in [-0.25, -0.2) is 4.98 Å². The van der Waals surface area contributed by atoms with Crippen molar-refractivity contribution in [2.24, 2.45) is 0 Å². The van der Waals surface area contributed by atoms with E-state index < -0.39 is 11.4 Å². The van der Waals surface area contributed by atoms with Gasteiger partial charge in [-0.3, -0.25) is 4.79 Å². The van der Waals surface area contributed by atoms with Gasteiger partial charge in [-0.2, -0.15) is 9.98 Å². The number of hydrogen-bond acceptors (Lipinski definition) is 7. The maximum atomic E-state index is 12.0. The van der Waals surface area contributed by atoms with Crippen molar-refractivity contribution in [3.05, 3.63) is 77.5 Å². The van der Waals surface area contributed by atoms with Crippen LogP contribution in [0.3, 0.4) is 0 Å². The van der Waals surface area contributed by atoms with Gasteiger partial charge < -0.3 is 18.8 Å². The molecule has 32 heavy (non-hydrogen) atoms. The van der Waals surface area contributed by atoms with E-state index in [0.717, 1.165) is 11.1 Å². The molecule has 160 valence electrons. The summed E-state index contributed by atoms with van der Waals surface area (Å²) in [6.45, 7) is 0.323. The second-order valence-electron chi connectivity index (χ2n) is 7.28. The minimum absolute atomic E-state index is 0.206. The topological polar surface area (TPSA) is 117 Å². The van der Waals surface area contributed by atoms with Gasteiger partial charge in [0.25, 0.3) is 5.91 Å². The zero-order valence-corrected chi connectivity index (χ0v) is 17.5. The van der Waals surface area contributed by atoms with Gasteiger partial charge in [0.15, 0.2) is 22.9 Å². The molecule has 2 aromatic carbocycles. The average molecular weight is 447 g/mol. The van der Waals surface area contributed by atoms with E-state index in [2.05, 4.69) is 9.71 Å². The van der Waals surface area contributed by atoms with Gasteiger partial charge in [-0.05, 0) is 24.3 Å². The van der Waals surface area contributed by atoms with Crippen LogP contribution in [0, 0.1) is 11.3 Å². The van der Waals surface area contributed by atoms with Crippen LogP contribution in [-0.4, -0.2) is 22.1 Å². The Morgan fingerprint density at radius 3 is 2.72 bits per heavy atom. The fourth-order valence-electron chi connectivity index (χ4n) is 3.62. The Kier molecular flexibility index (Phi) is 5.31. The second-order valence-corrected chi connectivity index (χ2v) is 8.64. The molecule has 1 fully saturated rings. The molecule has 5 rings (SSSR count). The number of carbonyl (C=O) groups is 1. The van der Waals surface area contributed by atoms with Gasteiger partial charge in [0.2, 0.25) is 5.88 Å². The predicted octanol–water partition coefficient (Wildman–Crippen LogP) is 3.48. The molecule has 0 bridgehead atoms. The molecule has 0 saturated carbocycles. The van der Waals surface area contributed by atoms with Crippen molar-refractivity contribution in [2.45, 2.75) is 17.8 Å². The van der Waals surface area contributed by atoms with Gasteiger partial charge in [-0.1, -0.05) is 24.3 Å². The third-order valence-electron chi connectivity index (χ3n) is 5.19. The fourth-order valence-corrected chi connectivity index (χ4v) is 4.78. The molecule has 3 aromatic rings. The molecule has 1 amide bonds. The van der Waals surface area contributed by atoms with Crippen molar-refractivity contribution in [3.63, 3.8) is 0 Å². The normalized spacial score (nSPS) is 21.2. The number of rotatable bonds is 5. The van der Waals surface area contributed by atoms with Crippen LogP contribution >= 0.6 is 0 Å². The maximum Gasteiger partial charge on any atom is 0.266 e. The molecule has 0 radical (unpaired) electrons. The molecule has 8 nitrogen and oxygen atoms in total. The molecule has 9 heteroatoms. The summed E-state index contributed by atoms with van der Waals surface area (Å²) in [5, 5.41) is 8.55. The highest BCUT2D eigenvalue weighted by molar-refractivity contribution is 7.90. The van der Waals surface area contributed by atoms with E-state index in [-0.39, 0.29) is 23.7 Å². The van der Waals surface area contributed by atoms with E-state index in [9.17, 15) is 9.35 Å². The van der Waals surface area contributed by atoms with E-state index in [0.29, 0.717) is 35.3 Å². The Balaban J connectivity index is 1.30. The van der Waals surface area contributed by atoms with Crippen molar-refractivity contribution in [1.29, 1.82) is 5.26 Å². The van der Waals surface area contributed by atoms with Crippen LogP contribution in [0.15, 0.2) is 60.8 Å². The Morgan fingerprint density at radius 1 is 1.19 bits per heavy atom. The number of para-hydroxylation sites is 1. The lowest BCUT2D eigenvalue weighted by Gasteiger charge is -2.15. The third-order valence-corrected chi connectivity index (χ3v) is 6.57. The first-order chi connectivity index (χ1) is 15.6. The molecule has 1 aromatic heterocycles. The van der Waals surface area contributed by atoms with E-state index in [4.69, 9.17) is 19.5 Å². The minimum atomic E-state index is -1.40. The maximum absolute atomic E-state index is 12.0. The first kappa shape index (κ1) is 20.2. The molecule has 0 spiro atoms. The molecule has 2 aliphatic rings. The second kappa shape index (κ2) is 8.42. The predicted molar refractivity (Wildman–Crippen MR) is 114 cm³/mol. The van der Waals surface area contributed by atoms with Crippen LogP contribution < -0.4 is 18.9 Å². The first-order valence-corrected chi connectivity index (χ1v) is 11.1. The summed E-state index contributed by atoms with van der Waals surface area (Å²) < 4.78 is 32.2. The number of nitrogens with one attached hydrogen (secondary N) is 1. The van der Waals surface area contributed by atoms with Gasteiger partial charge in [0.1, 0.15) is 18.4 Å². The van der Waals surface area contributed by atoms with Crippen molar-refractivity contribution in [2.75, 3.05) is 6.61 Å². The number of hydrogen-bond donors (Lipinski definition) is 1. The van der Waals surface area contributed by atoms with E-state index in [1.807, 2.05) is 30.3 Å². The highest BCUT2D eigenvalue weighted by Gasteiger charge is 2.37. The van der Waals surface area contributed by atoms with Gasteiger partial charge >= 0.3 is 0 Å². The number of aromatic nitrogens is 1. The summed E-state index contributed by atoms with van der Waals surface area (Å²) >= 11 is -1.40. The van der Waals surface area contributed by atoms with Crippen LogP contribution in [0.4, 0.5) is 0 Å². The van der Waals surface area contributed by atoms with Crippen LogP contribution in [0.25, 0.3) is 0 Å². The van der Waals surface area contributed by atoms with Crippen molar-refractivity contribution >= 4 is 17.3 Å². The molecule has 2 unspecified atom stereocenters. The molecule has 1 N–H and O–H groups in total. The number of fused-ring (bicyclic) bond motifs is 1. The summed E-state index contributed by atoms with van der Waals surface area (Å²) in [6.07, 6.45) is 1.34. The summed E-state index contributed by atoms with van der Waals surface area (Å²) in [7, 11) is 0. The highest BCUT2D eigenvalue weighted by atomic mass is 32.2. The molecule has 3 atom stereocenters. The number of nitriles is 1. The van der Waals surface area contributed by atoms with Gasteiger partial charge in [0.05, 0.1) is 23.3 Å². The minimum Gasteiger partial charge on any atom is -0.593 e. The molecule has 0 aliphatic carbocycles. The molecule has 1 saturated heterocycles.